The molecule has 0 spiro atoms. The molecule has 3 nitrogen and oxygen atoms in total. The van der Waals surface area contributed by atoms with E-state index in [9.17, 15) is 13.2 Å². The van der Waals surface area contributed by atoms with Crippen LogP contribution in [-0.4, -0.2) is 4.98 Å². The SMILES string of the molecule is CC(Nc1ncc(Br)cc1C(F)(F)F)c1ccccc1N. The van der Waals surface area contributed by atoms with Crippen LogP contribution in [0.2, 0.25) is 0 Å². The highest BCUT2D eigenvalue weighted by Crippen LogP contribution is 2.36. The fourth-order valence-corrected chi connectivity index (χ4v) is 2.29. The molecule has 0 aliphatic heterocycles. The second kappa shape index (κ2) is 5.93. The van der Waals surface area contributed by atoms with Gasteiger partial charge in [-0.25, -0.2) is 4.98 Å². The van der Waals surface area contributed by atoms with Crippen LogP contribution >= 0.6 is 15.9 Å². The molecule has 0 saturated carbocycles. The summed E-state index contributed by atoms with van der Waals surface area (Å²) in [5.74, 6) is -0.221. The van der Waals surface area contributed by atoms with Crippen molar-refractivity contribution in [2.45, 2.75) is 19.1 Å². The number of pyridine rings is 1. The maximum atomic E-state index is 13.0. The van der Waals surface area contributed by atoms with Gasteiger partial charge in [0, 0.05) is 16.4 Å². The predicted molar refractivity (Wildman–Crippen MR) is 79.8 cm³/mol. The van der Waals surface area contributed by atoms with Gasteiger partial charge in [0.25, 0.3) is 0 Å². The zero-order valence-corrected chi connectivity index (χ0v) is 12.7. The summed E-state index contributed by atoms with van der Waals surface area (Å²) < 4.78 is 39.4. The van der Waals surface area contributed by atoms with Gasteiger partial charge in [-0.2, -0.15) is 13.2 Å². The van der Waals surface area contributed by atoms with E-state index in [0.717, 1.165) is 11.6 Å². The van der Waals surface area contributed by atoms with E-state index in [1.807, 2.05) is 0 Å². The smallest absolute Gasteiger partial charge is 0.398 e. The Balaban J connectivity index is 2.34. The number of hydrogen-bond acceptors (Lipinski definition) is 3. The van der Waals surface area contributed by atoms with Crippen molar-refractivity contribution in [2.75, 3.05) is 11.1 Å². The van der Waals surface area contributed by atoms with E-state index in [2.05, 4.69) is 26.2 Å². The number of alkyl halides is 3. The molecule has 2 rings (SSSR count). The van der Waals surface area contributed by atoms with Crippen LogP contribution in [0.1, 0.15) is 24.1 Å². The number of rotatable bonds is 3. The first kappa shape index (κ1) is 15.6. The average Bonchev–Trinajstić information content (AvgIpc) is 2.40. The summed E-state index contributed by atoms with van der Waals surface area (Å²) in [7, 11) is 0. The van der Waals surface area contributed by atoms with Crippen molar-refractivity contribution < 1.29 is 13.2 Å². The van der Waals surface area contributed by atoms with Crippen LogP contribution in [0.4, 0.5) is 24.7 Å². The van der Waals surface area contributed by atoms with Gasteiger partial charge in [-0.15, -0.1) is 0 Å². The molecule has 1 aromatic heterocycles. The first-order chi connectivity index (χ1) is 9.79. The average molecular weight is 360 g/mol. The fourth-order valence-electron chi connectivity index (χ4n) is 1.96. The van der Waals surface area contributed by atoms with Gasteiger partial charge in [-0.05, 0) is 40.5 Å². The minimum absolute atomic E-state index is 0.221. The molecule has 0 aliphatic rings. The van der Waals surface area contributed by atoms with Gasteiger partial charge in [0.05, 0.1) is 11.6 Å². The molecule has 21 heavy (non-hydrogen) atoms. The topological polar surface area (TPSA) is 50.9 Å². The normalized spacial score (nSPS) is 13.0. The van der Waals surface area contributed by atoms with E-state index in [4.69, 9.17) is 5.73 Å². The van der Waals surface area contributed by atoms with E-state index in [0.29, 0.717) is 5.69 Å². The number of nitrogen functional groups attached to an aromatic ring is 1. The number of halogens is 4. The Morgan fingerprint density at radius 2 is 1.95 bits per heavy atom. The van der Waals surface area contributed by atoms with E-state index < -0.39 is 17.8 Å². The molecule has 0 amide bonds. The van der Waals surface area contributed by atoms with Crippen LogP contribution in [0.3, 0.4) is 0 Å². The van der Waals surface area contributed by atoms with Crippen LogP contribution in [0.5, 0.6) is 0 Å². The second-order valence-corrected chi connectivity index (χ2v) is 5.46. The first-order valence-electron chi connectivity index (χ1n) is 6.12. The van der Waals surface area contributed by atoms with E-state index in [1.165, 1.54) is 6.20 Å². The van der Waals surface area contributed by atoms with Gasteiger partial charge in [0.2, 0.25) is 0 Å². The maximum Gasteiger partial charge on any atom is 0.419 e. The van der Waals surface area contributed by atoms with Crippen LogP contribution < -0.4 is 11.1 Å². The Morgan fingerprint density at radius 3 is 2.57 bits per heavy atom. The number of para-hydroxylation sites is 1. The predicted octanol–water partition coefficient (Wildman–Crippen LogP) is 4.62. The summed E-state index contributed by atoms with van der Waals surface area (Å²) in [4.78, 5) is 3.82. The molecular weight excluding hydrogens is 347 g/mol. The molecule has 0 fully saturated rings. The number of nitrogens with zero attached hydrogens (tertiary/aromatic N) is 1. The summed E-state index contributed by atoms with van der Waals surface area (Å²) in [6.07, 6.45) is -3.17. The zero-order valence-electron chi connectivity index (χ0n) is 11.1. The largest absolute Gasteiger partial charge is 0.419 e. The van der Waals surface area contributed by atoms with Crippen molar-refractivity contribution in [3.05, 3.63) is 52.1 Å². The van der Waals surface area contributed by atoms with Crippen molar-refractivity contribution in [1.82, 2.24) is 4.98 Å². The van der Waals surface area contributed by atoms with Crippen molar-refractivity contribution in [2.24, 2.45) is 0 Å². The van der Waals surface area contributed by atoms with Crippen LogP contribution in [0.25, 0.3) is 0 Å². The minimum Gasteiger partial charge on any atom is -0.398 e. The molecule has 1 aromatic carbocycles. The van der Waals surface area contributed by atoms with Crippen molar-refractivity contribution in [3.63, 3.8) is 0 Å². The van der Waals surface area contributed by atoms with Gasteiger partial charge in [0.1, 0.15) is 5.82 Å². The fraction of sp³-hybridized carbons (Fsp3) is 0.214. The number of hydrogen-bond donors (Lipinski definition) is 2. The Hall–Kier alpha value is -1.76. The molecular formula is C14H13BrF3N3. The quantitative estimate of drug-likeness (QED) is 0.786. The molecule has 7 heteroatoms. The number of nitrogens with one attached hydrogen (secondary N) is 1. The number of nitrogens with two attached hydrogens (primary N) is 1. The Bertz CT molecular complexity index is 644. The molecule has 1 unspecified atom stereocenters. The highest BCUT2D eigenvalue weighted by atomic mass is 79.9. The highest BCUT2D eigenvalue weighted by Gasteiger charge is 2.35. The summed E-state index contributed by atoms with van der Waals surface area (Å²) in [5.41, 5.74) is 6.25. The van der Waals surface area contributed by atoms with E-state index >= 15 is 0 Å². The van der Waals surface area contributed by atoms with Gasteiger partial charge in [-0.1, -0.05) is 18.2 Å². The Kier molecular flexibility index (Phi) is 4.41. The van der Waals surface area contributed by atoms with Crippen LogP contribution in [-0.2, 0) is 6.18 Å². The molecule has 0 bridgehead atoms. The standard InChI is InChI=1S/C14H13BrF3N3/c1-8(10-4-2-3-5-12(10)19)21-13-11(14(16,17)18)6-9(15)7-20-13/h2-8H,19H2,1H3,(H,20,21). The number of anilines is 2. The third-order valence-corrected chi connectivity index (χ3v) is 3.41. The van der Waals surface area contributed by atoms with Gasteiger partial charge < -0.3 is 11.1 Å². The summed E-state index contributed by atoms with van der Waals surface area (Å²) >= 11 is 3.00. The van der Waals surface area contributed by atoms with Crippen LogP contribution in [0.15, 0.2) is 41.0 Å². The summed E-state index contributed by atoms with van der Waals surface area (Å²) in [6, 6.07) is 7.61. The molecule has 0 radical (unpaired) electrons. The van der Waals surface area contributed by atoms with Crippen molar-refractivity contribution >= 4 is 27.4 Å². The lowest BCUT2D eigenvalue weighted by atomic mass is 10.1. The number of benzene rings is 1. The lowest BCUT2D eigenvalue weighted by molar-refractivity contribution is -0.137. The summed E-state index contributed by atoms with van der Waals surface area (Å²) in [6.45, 7) is 1.73. The molecule has 112 valence electrons. The van der Waals surface area contributed by atoms with Crippen molar-refractivity contribution in [1.29, 1.82) is 0 Å². The molecule has 0 saturated heterocycles. The monoisotopic (exact) mass is 359 g/mol. The number of aromatic nitrogens is 1. The second-order valence-electron chi connectivity index (χ2n) is 4.54. The maximum absolute atomic E-state index is 13.0. The Labute approximate surface area is 128 Å². The first-order valence-corrected chi connectivity index (χ1v) is 6.92. The molecule has 0 aliphatic carbocycles. The molecule has 1 atom stereocenters. The van der Waals surface area contributed by atoms with Gasteiger partial charge in [0.15, 0.2) is 0 Å². The van der Waals surface area contributed by atoms with Crippen molar-refractivity contribution in [3.8, 4) is 0 Å². The van der Waals surface area contributed by atoms with E-state index in [-0.39, 0.29) is 10.3 Å². The molecule has 3 N–H and O–H groups in total. The van der Waals surface area contributed by atoms with Gasteiger partial charge >= 0.3 is 6.18 Å². The molecule has 2 aromatic rings. The third kappa shape index (κ3) is 3.66. The lowest BCUT2D eigenvalue weighted by Crippen LogP contribution is -2.15. The Morgan fingerprint density at radius 1 is 1.29 bits per heavy atom. The van der Waals surface area contributed by atoms with Gasteiger partial charge in [-0.3, -0.25) is 0 Å². The lowest BCUT2D eigenvalue weighted by Gasteiger charge is -2.20. The van der Waals surface area contributed by atoms with E-state index in [1.54, 1.807) is 31.2 Å². The minimum atomic E-state index is -4.49. The highest BCUT2D eigenvalue weighted by molar-refractivity contribution is 9.10. The summed E-state index contributed by atoms with van der Waals surface area (Å²) in [5, 5.41) is 2.77. The third-order valence-electron chi connectivity index (χ3n) is 2.98. The zero-order chi connectivity index (χ0) is 15.6. The van der Waals surface area contributed by atoms with Crippen LogP contribution in [0, 0.1) is 0 Å². The molecule has 1 heterocycles.